The van der Waals surface area contributed by atoms with Crippen molar-refractivity contribution in [2.45, 2.75) is 26.7 Å². The van der Waals surface area contributed by atoms with Crippen molar-refractivity contribution in [3.05, 3.63) is 41.5 Å². The van der Waals surface area contributed by atoms with E-state index in [1.165, 1.54) is 0 Å². The number of carbonyl (C=O) groups is 2. The Balaban J connectivity index is 2.64. The van der Waals surface area contributed by atoms with Gasteiger partial charge in [0.2, 0.25) is 0 Å². The smallest absolute Gasteiger partial charge is 0.309 e. The molecule has 0 aromatic heterocycles. The van der Waals surface area contributed by atoms with Gasteiger partial charge in [-0.1, -0.05) is 37.3 Å². The molecule has 0 N–H and O–H groups in total. The largest absolute Gasteiger partial charge is 0.466 e. The summed E-state index contributed by atoms with van der Waals surface area (Å²) in [6.45, 7) is 4.01. The topological polar surface area (TPSA) is 43.4 Å². The summed E-state index contributed by atoms with van der Waals surface area (Å²) in [4.78, 5) is 22.7. The highest BCUT2D eigenvalue weighted by Crippen LogP contribution is 2.09. The van der Waals surface area contributed by atoms with Crippen molar-refractivity contribution < 1.29 is 14.3 Å². The van der Waals surface area contributed by atoms with Crippen LogP contribution in [0.3, 0.4) is 0 Å². The second-order valence-electron chi connectivity index (χ2n) is 3.81. The summed E-state index contributed by atoms with van der Waals surface area (Å²) < 4.78 is 4.81. The van der Waals surface area contributed by atoms with Gasteiger partial charge in [-0.15, -0.1) is 0 Å². The summed E-state index contributed by atoms with van der Waals surface area (Å²) in [5.74, 6) is -0.120. The predicted octanol–water partition coefficient (Wildman–Crippen LogP) is 3.25. The first-order chi connectivity index (χ1) is 8.67. The molecular weight excluding hydrogens is 228 g/mol. The molecule has 0 saturated heterocycles. The summed E-state index contributed by atoms with van der Waals surface area (Å²) >= 11 is 0. The van der Waals surface area contributed by atoms with Gasteiger partial charge in [0.1, 0.15) is 0 Å². The number of rotatable bonds is 6. The van der Waals surface area contributed by atoms with Crippen LogP contribution in [0.15, 0.2) is 30.3 Å². The van der Waals surface area contributed by atoms with Crippen molar-refractivity contribution in [2.75, 3.05) is 6.61 Å². The fourth-order valence-corrected chi connectivity index (χ4v) is 1.53. The van der Waals surface area contributed by atoms with E-state index >= 15 is 0 Å². The zero-order valence-corrected chi connectivity index (χ0v) is 10.8. The molecule has 18 heavy (non-hydrogen) atoms. The second-order valence-corrected chi connectivity index (χ2v) is 3.81. The summed E-state index contributed by atoms with van der Waals surface area (Å²) in [7, 11) is 0. The van der Waals surface area contributed by atoms with Gasteiger partial charge in [-0.3, -0.25) is 9.59 Å². The average Bonchev–Trinajstić information content (AvgIpc) is 2.38. The molecule has 0 saturated carbocycles. The molecule has 0 aliphatic rings. The van der Waals surface area contributed by atoms with Gasteiger partial charge in [-0.05, 0) is 18.6 Å². The summed E-state index contributed by atoms with van der Waals surface area (Å²) in [6.07, 6.45) is 4.31. The Morgan fingerprint density at radius 1 is 1.28 bits per heavy atom. The van der Waals surface area contributed by atoms with E-state index in [0.29, 0.717) is 18.6 Å². The first-order valence-corrected chi connectivity index (χ1v) is 6.12. The monoisotopic (exact) mass is 246 g/mol. The van der Waals surface area contributed by atoms with E-state index in [-0.39, 0.29) is 18.2 Å². The fourth-order valence-electron chi connectivity index (χ4n) is 1.53. The Bertz CT molecular complexity index is 447. The average molecular weight is 246 g/mol. The number of benzene rings is 1. The lowest BCUT2D eigenvalue weighted by atomic mass is 10.1. The quantitative estimate of drug-likeness (QED) is 0.571. The van der Waals surface area contributed by atoms with Crippen molar-refractivity contribution in [1.29, 1.82) is 0 Å². The molecule has 1 aromatic rings. The minimum atomic E-state index is -0.241. The van der Waals surface area contributed by atoms with E-state index in [1.54, 1.807) is 19.1 Å². The molecule has 0 unspecified atom stereocenters. The lowest BCUT2D eigenvalue weighted by Crippen LogP contribution is -2.01. The maximum atomic E-state index is 11.5. The van der Waals surface area contributed by atoms with Crippen LogP contribution in [-0.2, 0) is 9.53 Å². The zero-order valence-electron chi connectivity index (χ0n) is 10.8. The molecule has 0 aliphatic heterocycles. The van der Waals surface area contributed by atoms with Crippen LogP contribution in [-0.4, -0.2) is 18.4 Å². The number of carbonyl (C=O) groups excluding carboxylic acids is 2. The van der Waals surface area contributed by atoms with Gasteiger partial charge in [0.05, 0.1) is 13.0 Å². The highest BCUT2D eigenvalue weighted by atomic mass is 16.5. The molecular formula is C15H18O3. The molecule has 96 valence electrons. The maximum Gasteiger partial charge on any atom is 0.309 e. The molecule has 0 aliphatic carbocycles. The summed E-state index contributed by atoms with van der Waals surface area (Å²) in [5, 5.41) is 0. The van der Waals surface area contributed by atoms with E-state index in [1.807, 2.05) is 31.2 Å². The van der Waals surface area contributed by atoms with Gasteiger partial charge < -0.3 is 4.74 Å². The lowest BCUT2D eigenvalue weighted by Gasteiger charge is -2.00. The predicted molar refractivity (Wildman–Crippen MR) is 71.3 cm³/mol. The van der Waals surface area contributed by atoms with Crippen molar-refractivity contribution in [2.24, 2.45) is 0 Å². The van der Waals surface area contributed by atoms with Gasteiger partial charge in [-0.2, -0.15) is 0 Å². The first kappa shape index (κ1) is 14.2. The van der Waals surface area contributed by atoms with Crippen LogP contribution in [0.4, 0.5) is 0 Å². The van der Waals surface area contributed by atoms with Crippen LogP contribution in [0.2, 0.25) is 0 Å². The maximum absolute atomic E-state index is 11.5. The van der Waals surface area contributed by atoms with E-state index in [2.05, 4.69) is 0 Å². The van der Waals surface area contributed by atoms with Crippen molar-refractivity contribution in [3.63, 3.8) is 0 Å². The van der Waals surface area contributed by atoms with Gasteiger partial charge in [0.25, 0.3) is 0 Å². The number of Topliss-reactive ketones (excluding diaryl/α,β-unsaturated/α-hetero) is 1. The van der Waals surface area contributed by atoms with Crippen molar-refractivity contribution in [3.8, 4) is 0 Å². The fraction of sp³-hybridized carbons (Fsp3) is 0.333. The molecule has 1 aromatic carbocycles. The third kappa shape index (κ3) is 4.53. The third-order valence-corrected chi connectivity index (χ3v) is 2.43. The van der Waals surface area contributed by atoms with Gasteiger partial charge >= 0.3 is 5.97 Å². The SMILES string of the molecule is CCOC(=O)CC=Cc1cccc(C(=O)CC)c1. The molecule has 0 spiro atoms. The Morgan fingerprint density at radius 3 is 2.72 bits per heavy atom. The van der Waals surface area contributed by atoms with Crippen LogP contribution < -0.4 is 0 Å². The molecule has 0 fully saturated rings. The van der Waals surface area contributed by atoms with Crippen LogP contribution in [0.1, 0.15) is 42.6 Å². The van der Waals surface area contributed by atoms with Crippen molar-refractivity contribution in [1.82, 2.24) is 0 Å². The van der Waals surface area contributed by atoms with E-state index in [4.69, 9.17) is 4.74 Å². The highest BCUT2D eigenvalue weighted by Gasteiger charge is 2.02. The number of ether oxygens (including phenoxy) is 1. The first-order valence-electron chi connectivity index (χ1n) is 6.12. The van der Waals surface area contributed by atoms with Crippen molar-refractivity contribution >= 4 is 17.8 Å². The molecule has 0 heterocycles. The van der Waals surface area contributed by atoms with Gasteiger partial charge in [0.15, 0.2) is 5.78 Å². The molecule has 1 rings (SSSR count). The third-order valence-electron chi connectivity index (χ3n) is 2.43. The second kappa shape index (κ2) is 7.43. The minimum absolute atomic E-state index is 0.121. The normalized spacial score (nSPS) is 10.6. The van der Waals surface area contributed by atoms with E-state index < -0.39 is 0 Å². The molecule has 3 heteroatoms. The van der Waals surface area contributed by atoms with Crippen LogP contribution in [0, 0.1) is 0 Å². The molecule has 3 nitrogen and oxygen atoms in total. The van der Waals surface area contributed by atoms with Gasteiger partial charge in [-0.25, -0.2) is 0 Å². The van der Waals surface area contributed by atoms with E-state index in [0.717, 1.165) is 5.56 Å². The highest BCUT2D eigenvalue weighted by molar-refractivity contribution is 5.96. The minimum Gasteiger partial charge on any atom is -0.466 e. The Morgan fingerprint density at radius 2 is 2.06 bits per heavy atom. The van der Waals surface area contributed by atoms with Crippen LogP contribution in [0.25, 0.3) is 6.08 Å². The molecule has 0 amide bonds. The number of ketones is 1. The Hall–Kier alpha value is -1.90. The number of hydrogen-bond acceptors (Lipinski definition) is 3. The Kier molecular flexibility index (Phi) is 5.85. The number of hydrogen-bond donors (Lipinski definition) is 0. The number of esters is 1. The van der Waals surface area contributed by atoms with E-state index in [9.17, 15) is 9.59 Å². The standard InChI is InChI=1S/C15H18O3/c1-3-14(16)13-9-5-7-12(11-13)8-6-10-15(17)18-4-2/h5-9,11H,3-4,10H2,1-2H3. The summed E-state index contributed by atoms with van der Waals surface area (Å²) in [5.41, 5.74) is 1.62. The molecule has 0 bridgehead atoms. The lowest BCUT2D eigenvalue weighted by molar-refractivity contribution is -0.142. The molecule has 0 radical (unpaired) electrons. The zero-order chi connectivity index (χ0) is 13.4. The van der Waals surface area contributed by atoms with Crippen LogP contribution in [0.5, 0.6) is 0 Å². The van der Waals surface area contributed by atoms with Gasteiger partial charge in [0, 0.05) is 12.0 Å². The summed E-state index contributed by atoms with van der Waals surface area (Å²) in [6, 6.07) is 7.36. The molecule has 0 atom stereocenters. The van der Waals surface area contributed by atoms with Crippen LogP contribution >= 0.6 is 0 Å². The Labute approximate surface area is 107 Å².